The van der Waals surface area contributed by atoms with E-state index < -0.39 is 0 Å². The third-order valence-corrected chi connectivity index (χ3v) is 5.21. The van der Waals surface area contributed by atoms with Crippen LogP contribution in [0, 0.1) is 0 Å². The van der Waals surface area contributed by atoms with Crippen LogP contribution >= 0.6 is 0 Å². The van der Waals surface area contributed by atoms with Crippen LogP contribution in [0.3, 0.4) is 0 Å². The van der Waals surface area contributed by atoms with Gasteiger partial charge in [-0.3, -0.25) is 4.79 Å². The molecule has 2 heteroatoms. The number of ketones is 1. The van der Waals surface area contributed by atoms with Crippen molar-refractivity contribution in [3.63, 3.8) is 0 Å². The summed E-state index contributed by atoms with van der Waals surface area (Å²) in [6.45, 7) is 4.53. The van der Waals surface area contributed by atoms with Crippen molar-refractivity contribution in [3.05, 3.63) is 89.6 Å². The van der Waals surface area contributed by atoms with E-state index in [0.717, 1.165) is 17.5 Å². The van der Waals surface area contributed by atoms with E-state index in [2.05, 4.69) is 48.7 Å². The largest absolute Gasteiger partial charge is 0.288 e. The van der Waals surface area contributed by atoms with Crippen LogP contribution in [-0.4, -0.2) is 5.78 Å². The van der Waals surface area contributed by atoms with Crippen LogP contribution in [0.25, 0.3) is 11.3 Å². The Morgan fingerprint density at radius 3 is 2.40 bits per heavy atom. The monoisotopic (exact) mass is 328 g/mol. The van der Waals surface area contributed by atoms with Crippen LogP contribution in [0.15, 0.2) is 72.9 Å². The van der Waals surface area contributed by atoms with Crippen LogP contribution < -0.4 is 4.57 Å². The first-order chi connectivity index (χ1) is 12.1. The lowest BCUT2D eigenvalue weighted by atomic mass is 9.92. The quantitative estimate of drug-likeness (QED) is 0.482. The zero-order valence-electron chi connectivity index (χ0n) is 14.6. The van der Waals surface area contributed by atoms with Gasteiger partial charge in [-0.2, -0.15) is 4.57 Å². The molecule has 0 saturated carbocycles. The van der Waals surface area contributed by atoms with Gasteiger partial charge >= 0.3 is 0 Å². The Morgan fingerprint density at radius 2 is 1.60 bits per heavy atom. The number of carbonyl (C=O) groups excluding carboxylic acids is 1. The number of fused-ring (bicyclic) bond motifs is 3. The molecule has 25 heavy (non-hydrogen) atoms. The number of nitrogens with zero attached hydrogens (tertiary/aromatic N) is 1. The minimum Gasteiger partial charge on any atom is -0.288 e. The average Bonchev–Trinajstić information content (AvgIpc) is 2.77. The van der Waals surface area contributed by atoms with E-state index in [-0.39, 0.29) is 5.78 Å². The normalized spacial score (nSPS) is 18.8. The fraction of sp³-hybridized carbons (Fsp3) is 0.217. The summed E-state index contributed by atoms with van der Waals surface area (Å²) in [5.41, 5.74) is 5.34. The van der Waals surface area contributed by atoms with Crippen LogP contribution in [0.2, 0.25) is 0 Å². The molecule has 1 aliphatic rings. The average molecular weight is 328 g/mol. The first-order valence-corrected chi connectivity index (χ1v) is 8.89. The molecule has 0 amide bonds. The lowest BCUT2D eigenvalue weighted by Crippen LogP contribution is -2.40. The molecule has 2 atom stereocenters. The summed E-state index contributed by atoms with van der Waals surface area (Å²) in [6.07, 6.45) is 3.10. The maximum atomic E-state index is 12.8. The number of aromatic nitrogens is 1. The summed E-state index contributed by atoms with van der Waals surface area (Å²) in [5.74, 6) is 0.577. The van der Waals surface area contributed by atoms with Crippen molar-refractivity contribution in [1.82, 2.24) is 0 Å². The summed E-state index contributed by atoms with van der Waals surface area (Å²) < 4.78 is 2.28. The molecule has 2 heterocycles. The molecular formula is C23H22NO+. The Bertz CT molecular complexity index is 930. The van der Waals surface area contributed by atoms with Gasteiger partial charge in [0.05, 0.1) is 5.56 Å². The predicted octanol–water partition coefficient (Wildman–Crippen LogP) is 4.94. The van der Waals surface area contributed by atoms with Crippen molar-refractivity contribution < 1.29 is 9.36 Å². The number of benzene rings is 2. The molecule has 124 valence electrons. The van der Waals surface area contributed by atoms with Crippen molar-refractivity contribution in [2.75, 3.05) is 0 Å². The lowest BCUT2D eigenvalue weighted by molar-refractivity contribution is -0.709. The molecule has 2 aromatic carbocycles. The van der Waals surface area contributed by atoms with Gasteiger partial charge in [-0.25, -0.2) is 0 Å². The molecule has 2 unspecified atom stereocenters. The third-order valence-electron chi connectivity index (χ3n) is 5.21. The van der Waals surface area contributed by atoms with Crippen molar-refractivity contribution in [3.8, 4) is 11.3 Å². The zero-order chi connectivity index (χ0) is 17.4. The van der Waals surface area contributed by atoms with Crippen LogP contribution in [0.5, 0.6) is 0 Å². The molecule has 0 fully saturated rings. The van der Waals surface area contributed by atoms with Gasteiger partial charge in [0.25, 0.3) is 0 Å². The van der Waals surface area contributed by atoms with Gasteiger partial charge in [0.15, 0.2) is 18.0 Å². The highest BCUT2D eigenvalue weighted by Gasteiger charge is 2.30. The molecule has 0 spiro atoms. The van der Waals surface area contributed by atoms with Gasteiger partial charge in [-0.1, -0.05) is 55.5 Å². The summed E-state index contributed by atoms with van der Waals surface area (Å²) >= 11 is 0. The van der Waals surface area contributed by atoms with Crippen LogP contribution in [0.1, 0.15) is 53.7 Å². The number of carbonyl (C=O) groups is 1. The van der Waals surface area contributed by atoms with Gasteiger partial charge in [0.1, 0.15) is 0 Å². The number of pyridine rings is 1. The Hall–Kier alpha value is -2.74. The maximum absolute atomic E-state index is 12.8. The smallest absolute Gasteiger partial charge is 0.213 e. The minimum atomic E-state index is 0.0775. The van der Waals surface area contributed by atoms with Crippen molar-refractivity contribution in [2.45, 2.75) is 32.2 Å². The van der Waals surface area contributed by atoms with E-state index in [0.29, 0.717) is 12.0 Å². The van der Waals surface area contributed by atoms with Crippen LogP contribution in [0.4, 0.5) is 0 Å². The van der Waals surface area contributed by atoms with Crippen LogP contribution in [-0.2, 0) is 0 Å². The molecule has 0 bridgehead atoms. The van der Waals surface area contributed by atoms with E-state index in [1.54, 1.807) is 0 Å². The molecule has 4 rings (SSSR count). The molecule has 1 aromatic heterocycles. The highest BCUT2D eigenvalue weighted by atomic mass is 16.1. The Morgan fingerprint density at radius 1 is 0.880 bits per heavy atom. The number of hydrogen-bond acceptors (Lipinski definition) is 1. The van der Waals surface area contributed by atoms with Gasteiger partial charge in [0.2, 0.25) is 5.69 Å². The molecule has 0 radical (unpaired) electrons. The number of rotatable bonds is 2. The second kappa shape index (κ2) is 6.29. The maximum Gasteiger partial charge on any atom is 0.213 e. The van der Waals surface area contributed by atoms with Gasteiger partial charge in [0, 0.05) is 23.6 Å². The highest BCUT2D eigenvalue weighted by Crippen LogP contribution is 2.35. The van der Waals surface area contributed by atoms with E-state index >= 15 is 0 Å². The summed E-state index contributed by atoms with van der Waals surface area (Å²) in [4.78, 5) is 12.8. The number of hydrogen-bond donors (Lipinski definition) is 0. The Labute approximate surface area is 148 Å². The summed E-state index contributed by atoms with van der Waals surface area (Å²) in [5, 5.41) is 0. The zero-order valence-corrected chi connectivity index (χ0v) is 14.6. The van der Waals surface area contributed by atoms with E-state index in [1.807, 2.05) is 42.6 Å². The van der Waals surface area contributed by atoms with Crippen molar-refractivity contribution in [1.29, 1.82) is 0 Å². The van der Waals surface area contributed by atoms with Gasteiger partial charge in [-0.05, 0) is 30.5 Å². The van der Waals surface area contributed by atoms with Crippen molar-refractivity contribution in [2.24, 2.45) is 0 Å². The molecule has 1 aliphatic heterocycles. The molecule has 2 nitrogen and oxygen atoms in total. The Kier molecular flexibility index (Phi) is 3.96. The fourth-order valence-corrected chi connectivity index (χ4v) is 3.91. The third kappa shape index (κ3) is 2.78. The van der Waals surface area contributed by atoms with E-state index in [4.69, 9.17) is 0 Å². The fourth-order valence-electron chi connectivity index (χ4n) is 3.91. The SMILES string of the molecule is CC1CC(C)[n+]2cc(C(=O)c3ccccc3)ccc2-c2ccccc21. The van der Waals surface area contributed by atoms with E-state index in [1.165, 1.54) is 16.8 Å². The lowest BCUT2D eigenvalue weighted by Gasteiger charge is -2.11. The Balaban J connectivity index is 1.84. The highest BCUT2D eigenvalue weighted by molar-refractivity contribution is 6.08. The first kappa shape index (κ1) is 15.8. The molecule has 3 aromatic rings. The van der Waals surface area contributed by atoms with Gasteiger partial charge < -0.3 is 0 Å². The second-order valence-electron chi connectivity index (χ2n) is 6.98. The minimum absolute atomic E-state index is 0.0775. The van der Waals surface area contributed by atoms with E-state index in [9.17, 15) is 4.79 Å². The molecule has 0 aliphatic carbocycles. The molecular weight excluding hydrogens is 306 g/mol. The first-order valence-electron chi connectivity index (χ1n) is 8.89. The predicted molar refractivity (Wildman–Crippen MR) is 99.7 cm³/mol. The molecule has 0 N–H and O–H groups in total. The summed E-state index contributed by atoms with van der Waals surface area (Å²) in [7, 11) is 0. The standard InChI is InChI=1S/C23H22NO/c1-16-14-17(2)24-15-19(23(25)18-8-4-3-5-9-18)12-13-22(24)21-11-7-6-10-20(16)21/h3-13,15-17H,14H2,1-2H3/q+1. The summed E-state index contributed by atoms with van der Waals surface area (Å²) in [6, 6.07) is 22.5. The van der Waals surface area contributed by atoms with Crippen molar-refractivity contribution >= 4 is 5.78 Å². The molecule has 0 saturated heterocycles. The topological polar surface area (TPSA) is 20.9 Å². The second-order valence-corrected chi connectivity index (χ2v) is 6.98. The van der Waals surface area contributed by atoms with Gasteiger partial charge in [-0.15, -0.1) is 0 Å².